The largest absolute Gasteiger partial charge is 0.508 e. The highest BCUT2D eigenvalue weighted by Gasteiger charge is 2.19. The van der Waals surface area contributed by atoms with Crippen LogP contribution in [0.3, 0.4) is 0 Å². The van der Waals surface area contributed by atoms with Gasteiger partial charge in [0.05, 0.1) is 11.3 Å². The molecule has 1 aromatic heterocycles. The predicted molar refractivity (Wildman–Crippen MR) is 109 cm³/mol. The zero-order chi connectivity index (χ0) is 20.4. The molecule has 0 aliphatic rings. The third-order valence-electron chi connectivity index (χ3n) is 4.59. The molecule has 7 heteroatoms. The standard InChI is InChI=1S/C21H26N4O3/c1-12(2)16-9-17(19(27)10-18(16)26)20-23-24-21(28)25(20)15-7-5-14(6-8-15)11-22-13(3)4/h5-10,12-13,22,26-27H,11H2,1-4H3,(H,24,28). The van der Waals surface area contributed by atoms with Crippen molar-refractivity contribution in [2.45, 2.75) is 46.2 Å². The summed E-state index contributed by atoms with van der Waals surface area (Å²) in [5, 5.41) is 30.4. The molecule has 0 spiro atoms. The smallest absolute Gasteiger partial charge is 0.348 e. The van der Waals surface area contributed by atoms with Crippen LogP contribution in [-0.2, 0) is 6.54 Å². The number of aromatic hydroxyl groups is 2. The lowest BCUT2D eigenvalue weighted by molar-refractivity contribution is 0.444. The van der Waals surface area contributed by atoms with Crippen LogP contribution >= 0.6 is 0 Å². The predicted octanol–water partition coefficient (Wildman–Crippen LogP) is 3.26. The van der Waals surface area contributed by atoms with Crippen LogP contribution in [0.15, 0.2) is 41.2 Å². The average molecular weight is 382 g/mol. The minimum atomic E-state index is -0.401. The second kappa shape index (κ2) is 7.90. The van der Waals surface area contributed by atoms with Gasteiger partial charge in [-0.05, 0) is 35.2 Å². The molecular weight excluding hydrogens is 356 g/mol. The van der Waals surface area contributed by atoms with Gasteiger partial charge in [-0.25, -0.2) is 14.5 Å². The van der Waals surface area contributed by atoms with E-state index in [1.807, 2.05) is 38.1 Å². The first-order chi connectivity index (χ1) is 13.3. The Balaban J connectivity index is 2.04. The summed E-state index contributed by atoms with van der Waals surface area (Å²) in [5.74, 6) is 0.214. The first-order valence-corrected chi connectivity index (χ1v) is 9.34. The van der Waals surface area contributed by atoms with Crippen LogP contribution in [0.2, 0.25) is 0 Å². The van der Waals surface area contributed by atoms with Crippen LogP contribution in [0, 0.1) is 0 Å². The summed E-state index contributed by atoms with van der Waals surface area (Å²) in [4.78, 5) is 12.4. The molecule has 7 nitrogen and oxygen atoms in total. The minimum absolute atomic E-state index is 0.0164. The summed E-state index contributed by atoms with van der Waals surface area (Å²) in [6, 6.07) is 10.9. The van der Waals surface area contributed by atoms with Gasteiger partial charge in [-0.1, -0.05) is 39.8 Å². The van der Waals surface area contributed by atoms with E-state index in [2.05, 4.69) is 29.4 Å². The van der Waals surface area contributed by atoms with Gasteiger partial charge in [0, 0.05) is 18.7 Å². The molecule has 2 aromatic carbocycles. The molecule has 0 amide bonds. The lowest BCUT2D eigenvalue weighted by Crippen LogP contribution is -2.21. The molecule has 0 aliphatic heterocycles. The molecule has 0 unspecified atom stereocenters. The van der Waals surface area contributed by atoms with Crippen LogP contribution in [0.25, 0.3) is 17.1 Å². The Kier molecular flexibility index (Phi) is 5.56. The summed E-state index contributed by atoms with van der Waals surface area (Å²) in [6.07, 6.45) is 0. The summed E-state index contributed by atoms with van der Waals surface area (Å²) in [7, 11) is 0. The van der Waals surface area contributed by atoms with Crippen molar-refractivity contribution in [1.82, 2.24) is 20.1 Å². The van der Waals surface area contributed by atoms with Gasteiger partial charge in [-0.15, -0.1) is 0 Å². The summed E-state index contributed by atoms with van der Waals surface area (Å²) < 4.78 is 1.41. The van der Waals surface area contributed by atoms with Crippen LogP contribution in [0.1, 0.15) is 44.7 Å². The maximum Gasteiger partial charge on any atom is 0.348 e. The Labute approximate surface area is 163 Å². The van der Waals surface area contributed by atoms with E-state index in [4.69, 9.17) is 0 Å². The van der Waals surface area contributed by atoms with E-state index in [1.54, 1.807) is 6.07 Å². The molecule has 4 N–H and O–H groups in total. The fourth-order valence-corrected chi connectivity index (χ4v) is 3.04. The van der Waals surface area contributed by atoms with Gasteiger partial charge in [0.15, 0.2) is 5.82 Å². The van der Waals surface area contributed by atoms with E-state index in [0.717, 1.165) is 12.1 Å². The van der Waals surface area contributed by atoms with Crippen molar-refractivity contribution >= 4 is 0 Å². The molecule has 0 aliphatic carbocycles. The van der Waals surface area contributed by atoms with Gasteiger partial charge in [-0.3, -0.25) is 0 Å². The number of hydrogen-bond donors (Lipinski definition) is 4. The molecule has 0 bridgehead atoms. The molecule has 0 fully saturated rings. The topological polar surface area (TPSA) is 103 Å². The van der Waals surface area contributed by atoms with E-state index in [-0.39, 0.29) is 23.2 Å². The first kappa shape index (κ1) is 19.7. The number of rotatable bonds is 6. The Morgan fingerprint density at radius 3 is 2.36 bits per heavy atom. The maximum atomic E-state index is 12.4. The van der Waals surface area contributed by atoms with Gasteiger partial charge in [-0.2, -0.15) is 5.10 Å². The zero-order valence-corrected chi connectivity index (χ0v) is 16.5. The number of benzene rings is 2. The van der Waals surface area contributed by atoms with E-state index >= 15 is 0 Å². The lowest BCUT2D eigenvalue weighted by Gasteiger charge is -2.13. The number of H-pyrrole nitrogens is 1. The fraction of sp³-hybridized carbons (Fsp3) is 0.333. The number of phenols is 2. The van der Waals surface area contributed by atoms with E-state index < -0.39 is 5.69 Å². The van der Waals surface area contributed by atoms with Gasteiger partial charge in [0.2, 0.25) is 0 Å². The third-order valence-corrected chi connectivity index (χ3v) is 4.59. The van der Waals surface area contributed by atoms with Crippen LogP contribution in [0.5, 0.6) is 11.5 Å². The number of phenolic OH excluding ortho intramolecular Hbond substituents is 2. The number of nitrogens with zero attached hydrogens (tertiary/aromatic N) is 2. The molecule has 0 saturated heterocycles. The molecule has 28 heavy (non-hydrogen) atoms. The van der Waals surface area contributed by atoms with Gasteiger partial charge >= 0.3 is 5.69 Å². The first-order valence-electron chi connectivity index (χ1n) is 9.34. The lowest BCUT2D eigenvalue weighted by atomic mass is 9.98. The van der Waals surface area contributed by atoms with Gasteiger partial charge < -0.3 is 15.5 Å². The van der Waals surface area contributed by atoms with E-state index in [1.165, 1.54) is 10.6 Å². The normalized spacial score (nSPS) is 11.5. The van der Waals surface area contributed by atoms with Crippen LogP contribution < -0.4 is 11.0 Å². The Morgan fingerprint density at radius 1 is 1.07 bits per heavy atom. The molecular formula is C21H26N4O3. The minimum Gasteiger partial charge on any atom is -0.508 e. The Bertz CT molecular complexity index is 1020. The highest BCUT2D eigenvalue weighted by atomic mass is 16.3. The summed E-state index contributed by atoms with van der Waals surface area (Å²) >= 11 is 0. The average Bonchev–Trinajstić information content (AvgIpc) is 3.01. The number of aromatic nitrogens is 3. The van der Waals surface area contributed by atoms with E-state index in [0.29, 0.717) is 22.9 Å². The molecule has 0 atom stereocenters. The van der Waals surface area contributed by atoms with Crippen molar-refractivity contribution in [3.8, 4) is 28.6 Å². The fourth-order valence-electron chi connectivity index (χ4n) is 3.04. The molecule has 148 valence electrons. The second-order valence-electron chi connectivity index (χ2n) is 7.47. The molecule has 3 rings (SSSR count). The highest BCUT2D eigenvalue weighted by Crippen LogP contribution is 2.37. The van der Waals surface area contributed by atoms with Gasteiger partial charge in [0.1, 0.15) is 11.5 Å². The number of hydrogen-bond acceptors (Lipinski definition) is 5. The summed E-state index contributed by atoms with van der Waals surface area (Å²) in [6.45, 7) is 8.79. The molecule has 0 saturated carbocycles. The van der Waals surface area contributed by atoms with Crippen molar-refractivity contribution < 1.29 is 10.2 Å². The van der Waals surface area contributed by atoms with Crippen molar-refractivity contribution in [2.75, 3.05) is 0 Å². The third kappa shape index (κ3) is 3.94. The number of nitrogens with one attached hydrogen (secondary N) is 2. The van der Waals surface area contributed by atoms with Crippen molar-refractivity contribution in [2.24, 2.45) is 0 Å². The molecule has 3 aromatic rings. The molecule has 1 heterocycles. The summed E-state index contributed by atoms with van der Waals surface area (Å²) in [5.41, 5.74) is 2.39. The Morgan fingerprint density at radius 2 is 1.75 bits per heavy atom. The van der Waals surface area contributed by atoms with Gasteiger partial charge in [0.25, 0.3) is 0 Å². The second-order valence-corrected chi connectivity index (χ2v) is 7.47. The maximum absolute atomic E-state index is 12.4. The molecule has 0 radical (unpaired) electrons. The van der Waals surface area contributed by atoms with Crippen molar-refractivity contribution in [1.29, 1.82) is 0 Å². The highest BCUT2D eigenvalue weighted by molar-refractivity contribution is 5.69. The van der Waals surface area contributed by atoms with E-state index in [9.17, 15) is 15.0 Å². The van der Waals surface area contributed by atoms with Crippen molar-refractivity contribution in [3.05, 3.63) is 58.0 Å². The Hall–Kier alpha value is -3.06. The van der Waals surface area contributed by atoms with Crippen LogP contribution in [0.4, 0.5) is 0 Å². The quantitative estimate of drug-likeness (QED) is 0.524. The monoisotopic (exact) mass is 382 g/mol. The number of aromatic amines is 1. The van der Waals surface area contributed by atoms with Crippen molar-refractivity contribution in [3.63, 3.8) is 0 Å². The SMILES string of the molecule is CC(C)NCc1ccc(-n2c(-c3cc(C(C)C)c(O)cc3O)n[nH]c2=O)cc1. The zero-order valence-electron chi connectivity index (χ0n) is 16.5. The van der Waals surface area contributed by atoms with Crippen LogP contribution in [-0.4, -0.2) is 31.0 Å².